The first kappa shape index (κ1) is 14.4. The summed E-state index contributed by atoms with van der Waals surface area (Å²) in [5.74, 6) is -1.79. The zero-order valence-electron chi connectivity index (χ0n) is 10.2. The number of carboxylic acids is 1. The Morgan fingerprint density at radius 1 is 1.35 bits per heavy atom. The highest BCUT2D eigenvalue weighted by atomic mass is 35.5. The van der Waals surface area contributed by atoms with Crippen LogP contribution in [-0.4, -0.2) is 27.0 Å². The number of hydrogen-bond acceptors (Lipinski definition) is 3. The molecule has 0 atom stereocenters. The number of anilines is 1. The maximum Gasteiger partial charge on any atom is 0.339 e. The van der Waals surface area contributed by atoms with Gasteiger partial charge in [0.15, 0.2) is 0 Å². The second-order valence-corrected chi connectivity index (χ2v) is 4.72. The number of nitrogens with zero attached hydrogens (tertiary/aromatic N) is 1. The summed E-state index contributed by atoms with van der Waals surface area (Å²) in [6.45, 7) is 1.59. The van der Waals surface area contributed by atoms with Gasteiger partial charge in [-0.15, -0.1) is 0 Å². The average molecular weight is 314 g/mol. The largest absolute Gasteiger partial charge is 0.478 e. The van der Waals surface area contributed by atoms with Gasteiger partial charge in [0.1, 0.15) is 16.4 Å². The van der Waals surface area contributed by atoms with E-state index in [4.69, 9.17) is 28.3 Å². The topological polar surface area (TPSA) is 95.1 Å². The van der Waals surface area contributed by atoms with Crippen molar-refractivity contribution in [3.63, 3.8) is 0 Å². The molecule has 0 spiro atoms. The zero-order chi connectivity index (χ0) is 14.9. The van der Waals surface area contributed by atoms with Crippen LogP contribution in [-0.2, 0) is 0 Å². The number of rotatable bonds is 3. The van der Waals surface area contributed by atoms with Crippen molar-refractivity contribution in [2.24, 2.45) is 0 Å². The van der Waals surface area contributed by atoms with Crippen LogP contribution < -0.4 is 5.32 Å². The summed E-state index contributed by atoms with van der Waals surface area (Å²) in [6, 6.07) is 2.88. The van der Waals surface area contributed by atoms with E-state index in [0.29, 0.717) is 5.69 Å². The molecule has 20 heavy (non-hydrogen) atoms. The number of aromatic amines is 1. The summed E-state index contributed by atoms with van der Waals surface area (Å²) in [7, 11) is 0. The van der Waals surface area contributed by atoms with Gasteiger partial charge in [0.25, 0.3) is 5.91 Å². The molecule has 0 saturated heterocycles. The molecule has 0 fully saturated rings. The van der Waals surface area contributed by atoms with E-state index in [1.54, 1.807) is 6.92 Å². The normalized spacial score (nSPS) is 10.3. The molecule has 0 aliphatic carbocycles. The van der Waals surface area contributed by atoms with Gasteiger partial charge in [-0.25, -0.2) is 9.78 Å². The molecule has 2 aromatic heterocycles. The van der Waals surface area contributed by atoms with Gasteiger partial charge >= 0.3 is 5.97 Å². The maximum absolute atomic E-state index is 12.0. The van der Waals surface area contributed by atoms with E-state index in [9.17, 15) is 9.59 Å². The number of carbonyl (C=O) groups excluding carboxylic acids is 1. The number of carbonyl (C=O) groups is 2. The van der Waals surface area contributed by atoms with Gasteiger partial charge in [-0.3, -0.25) is 4.79 Å². The van der Waals surface area contributed by atoms with E-state index in [0.717, 1.165) is 0 Å². The number of nitrogens with one attached hydrogen (secondary N) is 2. The monoisotopic (exact) mass is 313 g/mol. The Kier molecular flexibility index (Phi) is 3.96. The third kappa shape index (κ3) is 2.76. The number of aryl methyl sites for hydroxylation is 1. The number of H-pyrrole nitrogens is 1. The number of hydrogen-bond donors (Lipinski definition) is 3. The highest BCUT2D eigenvalue weighted by Gasteiger charge is 2.19. The lowest BCUT2D eigenvalue weighted by Gasteiger charge is -2.06. The molecular weight excluding hydrogens is 305 g/mol. The summed E-state index contributed by atoms with van der Waals surface area (Å²) in [5.41, 5.74) is 0.474. The van der Waals surface area contributed by atoms with Gasteiger partial charge in [0.05, 0.1) is 10.7 Å². The van der Waals surface area contributed by atoms with Crippen molar-refractivity contribution in [1.29, 1.82) is 0 Å². The Morgan fingerprint density at radius 3 is 2.70 bits per heavy atom. The minimum atomic E-state index is -1.15. The fourth-order valence-electron chi connectivity index (χ4n) is 1.66. The van der Waals surface area contributed by atoms with E-state index in [2.05, 4.69) is 15.3 Å². The number of halogens is 2. The lowest BCUT2D eigenvalue weighted by molar-refractivity contribution is 0.0697. The number of pyridine rings is 1. The van der Waals surface area contributed by atoms with E-state index < -0.39 is 11.9 Å². The highest BCUT2D eigenvalue weighted by molar-refractivity contribution is 6.35. The van der Waals surface area contributed by atoms with Gasteiger partial charge in [0.2, 0.25) is 0 Å². The van der Waals surface area contributed by atoms with Crippen LogP contribution in [0.2, 0.25) is 10.2 Å². The van der Waals surface area contributed by atoms with Crippen LogP contribution in [0, 0.1) is 6.92 Å². The molecule has 8 heteroatoms. The van der Waals surface area contributed by atoms with Crippen LogP contribution in [0.3, 0.4) is 0 Å². The number of amides is 1. The third-order valence-electron chi connectivity index (χ3n) is 2.57. The van der Waals surface area contributed by atoms with Crippen LogP contribution in [0.25, 0.3) is 0 Å². The molecule has 0 unspecified atom stereocenters. The minimum absolute atomic E-state index is 0.0171. The van der Waals surface area contributed by atoms with Crippen LogP contribution in [0.1, 0.15) is 26.5 Å². The van der Waals surface area contributed by atoms with Crippen molar-refractivity contribution in [1.82, 2.24) is 9.97 Å². The van der Waals surface area contributed by atoms with Crippen molar-refractivity contribution in [3.8, 4) is 0 Å². The Bertz CT molecular complexity index is 697. The Labute approximate surface area is 123 Å². The third-order valence-corrected chi connectivity index (χ3v) is 3.08. The number of carboxylic acid groups (broad SMARTS) is 1. The molecule has 104 valence electrons. The average Bonchev–Trinajstić information content (AvgIpc) is 2.73. The molecule has 0 aliphatic heterocycles. The first-order valence-electron chi connectivity index (χ1n) is 5.45. The fourth-order valence-corrected chi connectivity index (χ4v) is 2.00. The van der Waals surface area contributed by atoms with E-state index in [1.807, 2.05) is 0 Å². The molecular formula is C12H9Cl2N3O3. The lowest BCUT2D eigenvalue weighted by Crippen LogP contribution is -2.16. The predicted molar refractivity (Wildman–Crippen MR) is 74.7 cm³/mol. The van der Waals surface area contributed by atoms with Crippen LogP contribution in [0.4, 0.5) is 5.69 Å². The Balaban J connectivity index is 2.33. The smallest absolute Gasteiger partial charge is 0.339 e. The first-order chi connectivity index (χ1) is 9.40. The van der Waals surface area contributed by atoms with Crippen molar-refractivity contribution in [2.75, 3.05) is 5.32 Å². The molecule has 6 nitrogen and oxygen atoms in total. The van der Waals surface area contributed by atoms with Gasteiger partial charge in [-0.05, 0) is 19.1 Å². The molecule has 0 aromatic carbocycles. The molecule has 3 N–H and O–H groups in total. The molecule has 2 rings (SSSR count). The Hall–Kier alpha value is -2.05. The van der Waals surface area contributed by atoms with Crippen LogP contribution in [0.5, 0.6) is 0 Å². The molecule has 2 aromatic rings. The van der Waals surface area contributed by atoms with Crippen molar-refractivity contribution < 1.29 is 14.7 Å². The maximum atomic E-state index is 12.0. The van der Waals surface area contributed by atoms with Gasteiger partial charge in [-0.1, -0.05) is 23.2 Å². The molecule has 0 radical (unpaired) electrons. The molecule has 0 aliphatic rings. The van der Waals surface area contributed by atoms with E-state index in [-0.39, 0.29) is 27.1 Å². The quantitative estimate of drug-likeness (QED) is 0.759. The minimum Gasteiger partial charge on any atom is -0.478 e. The Morgan fingerprint density at radius 2 is 2.05 bits per heavy atom. The second kappa shape index (κ2) is 5.52. The number of aromatic carboxylic acids is 1. The summed E-state index contributed by atoms with van der Waals surface area (Å²) in [5, 5.41) is 11.8. The molecule has 1 amide bonds. The van der Waals surface area contributed by atoms with Gasteiger partial charge in [-0.2, -0.15) is 0 Å². The van der Waals surface area contributed by atoms with E-state index in [1.165, 1.54) is 18.3 Å². The SMILES string of the molecule is Cc1[nH]cc(NC(=O)c2nc(Cl)ccc2Cl)c1C(=O)O. The summed E-state index contributed by atoms with van der Waals surface area (Å²) < 4.78 is 0. The fraction of sp³-hybridized carbons (Fsp3) is 0.0833. The summed E-state index contributed by atoms with van der Waals surface area (Å²) in [6.07, 6.45) is 1.38. The van der Waals surface area contributed by atoms with Crippen molar-refractivity contribution in [2.45, 2.75) is 6.92 Å². The summed E-state index contributed by atoms with van der Waals surface area (Å²) in [4.78, 5) is 29.7. The summed E-state index contributed by atoms with van der Waals surface area (Å²) >= 11 is 11.6. The molecule has 0 saturated carbocycles. The molecule has 2 heterocycles. The standard InChI is InChI=1S/C12H9Cl2N3O3/c1-5-9(12(19)20)7(4-15-5)16-11(18)10-6(13)2-3-8(14)17-10/h2-4,15H,1H3,(H,16,18)(H,19,20). The van der Waals surface area contributed by atoms with E-state index >= 15 is 0 Å². The van der Waals surface area contributed by atoms with Crippen LogP contribution >= 0.6 is 23.2 Å². The highest BCUT2D eigenvalue weighted by Crippen LogP contribution is 2.22. The van der Waals surface area contributed by atoms with Gasteiger partial charge < -0.3 is 15.4 Å². The van der Waals surface area contributed by atoms with Crippen LogP contribution in [0.15, 0.2) is 18.3 Å². The van der Waals surface area contributed by atoms with Crippen molar-refractivity contribution in [3.05, 3.63) is 45.5 Å². The molecule has 0 bridgehead atoms. The second-order valence-electron chi connectivity index (χ2n) is 3.93. The zero-order valence-corrected chi connectivity index (χ0v) is 11.7. The predicted octanol–water partition coefficient (Wildman–Crippen LogP) is 2.98. The van der Waals surface area contributed by atoms with Crippen molar-refractivity contribution >= 4 is 40.8 Å². The number of aromatic nitrogens is 2. The first-order valence-corrected chi connectivity index (χ1v) is 6.20. The lowest BCUT2D eigenvalue weighted by atomic mass is 10.2. The van der Waals surface area contributed by atoms with Gasteiger partial charge in [0, 0.05) is 11.9 Å².